The number of nitrogens with one attached hydrogen (secondary N) is 1. The molecule has 1 heterocycles. The summed E-state index contributed by atoms with van der Waals surface area (Å²) >= 11 is 0. The molecule has 26 heavy (non-hydrogen) atoms. The van der Waals surface area contributed by atoms with Crippen LogP contribution < -0.4 is 5.32 Å². The van der Waals surface area contributed by atoms with Gasteiger partial charge in [-0.3, -0.25) is 4.79 Å². The van der Waals surface area contributed by atoms with E-state index in [1.54, 1.807) is 6.07 Å². The molecule has 1 aromatic heterocycles. The zero-order chi connectivity index (χ0) is 18.5. The molecule has 7 heteroatoms. The van der Waals surface area contributed by atoms with Gasteiger partial charge in [0.05, 0.1) is 5.52 Å². The van der Waals surface area contributed by atoms with Crippen LogP contribution in [0.4, 0.5) is 5.82 Å². The lowest BCUT2D eigenvalue weighted by atomic mass is 10.1. The quantitative estimate of drug-likeness (QED) is 0.600. The van der Waals surface area contributed by atoms with Gasteiger partial charge in [-0.25, -0.2) is 14.8 Å². The van der Waals surface area contributed by atoms with Gasteiger partial charge in [-0.15, -0.1) is 0 Å². The predicted octanol–water partition coefficient (Wildman–Crippen LogP) is 3.03. The molecule has 0 saturated carbocycles. The largest absolute Gasteiger partial charge is 0.481 e. The predicted molar refractivity (Wildman–Crippen MR) is 96.9 cm³/mol. The number of carbonyl (C=O) groups is 2. The number of aromatic nitrogens is 2. The second kappa shape index (κ2) is 7.60. The van der Waals surface area contributed by atoms with Crippen molar-refractivity contribution >= 4 is 28.7 Å². The van der Waals surface area contributed by atoms with Gasteiger partial charge in [-0.05, 0) is 18.6 Å². The molecule has 0 saturated heterocycles. The Kier molecular flexibility index (Phi) is 5.07. The highest BCUT2D eigenvalue weighted by Gasteiger charge is 2.21. The second-order valence-electron chi connectivity index (χ2n) is 5.75. The summed E-state index contributed by atoms with van der Waals surface area (Å²) in [7, 11) is 0. The van der Waals surface area contributed by atoms with E-state index in [-0.39, 0.29) is 12.8 Å². The zero-order valence-electron chi connectivity index (χ0n) is 13.8. The molecule has 0 radical (unpaired) electrons. The SMILES string of the molecule is O=C(O)CCC(Nc1nc(-c2ccccc2)nc2ccccc12)C(=O)O. The van der Waals surface area contributed by atoms with Crippen LogP contribution in [0.3, 0.4) is 0 Å². The first-order chi connectivity index (χ1) is 12.5. The van der Waals surface area contributed by atoms with Crippen LogP contribution in [0.25, 0.3) is 22.3 Å². The number of hydrogen-bond acceptors (Lipinski definition) is 5. The van der Waals surface area contributed by atoms with Gasteiger partial charge in [0.15, 0.2) is 5.82 Å². The Balaban J connectivity index is 2.02. The van der Waals surface area contributed by atoms with Crippen molar-refractivity contribution in [3.05, 3.63) is 54.6 Å². The molecule has 0 fully saturated rings. The molecule has 0 amide bonds. The van der Waals surface area contributed by atoms with Crippen LogP contribution >= 0.6 is 0 Å². The summed E-state index contributed by atoms with van der Waals surface area (Å²) in [5.74, 6) is -1.34. The monoisotopic (exact) mass is 351 g/mol. The molecular formula is C19H17N3O4. The van der Waals surface area contributed by atoms with Crippen LogP contribution in [0.15, 0.2) is 54.6 Å². The van der Waals surface area contributed by atoms with Gasteiger partial charge in [0.25, 0.3) is 0 Å². The molecule has 1 atom stereocenters. The Labute approximate surface area is 149 Å². The number of carboxylic acid groups (broad SMARTS) is 2. The molecule has 0 aliphatic heterocycles. The first kappa shape index (κ1) is 17.3. The summed E-state index contributed by atoms with van der Waals surface area (Å²) in [5, 5.41) is 21.8. The van der Waals surface area contributed by atoms with Crippen molar-refractivity contribution < 1.29 is 19.8 Å². The standard InChI is InChI=1S/C19H17N3O4/c23-16(24)11-10-15(19(25)26)21-18-13-8-4-5-9-14(13)20-17(22-18)12-6-2-1-3-7-12/h1-9,15H,10-11H2,(H,23,24)(H,25,26)(H,20,21,22). The van der Waals surface area contributed by atoms with Gasteiger partial charge in [0, 0.05) is 17.4 Å². The Hall–Kier alpha value is -3.48. The third-order valence-electron chi connectivity index (χ3n) is 3.89. The molecule has 7 nitrogen and oxygen atoms in total. The van der Waals surface area contributed by atoms with Crippen molar-refractivity contribution in [3.63, 3.8) is 0 Å². The first-order valence-corrected chi connectivity index (χ1v) is 8.08. The summed E-state index contributed by atoms with van der Waals surface area (Å²) in [6.45, 7) is 0. The van der Waals surface area contributed by atoms with E-state index in [1.807, 2.05) is 48.5 Å². The number of carboxylic acids is 2. The van der Waals surface area contributed by atoms with Crippen LogP contribution in [0.5, 0.6) is 0 Å². The Bertz CT molecular complexity index is 944. The lowest BCUT2D eigenvalue weighted by Gasteiger charge is -2.16. The summed E-state index contributed by atoms with van der Waals surface area (Å²) in [6, 6.07) is 15.6. The lowest BCUT2D eigenvalue weighted by Crippen LogP contribution is -2.30. The lowest BCUT2D eigenvalue weighted by molar-refractivity contribution is -0.139. The van der Waals surface area contributed by atoms with Gasteiger partial charge in [-0.2, -0.15) is 0 Å². The Morgan fingerprint density at radius 1 is 0.962 bits per heavy atom. The number of aliphatic carboxylic acids is 2. The maximum Gasteiger partial charge on any atom is 0.326 e. The minimum absolute atomic E-state index is 0.0519. The van der Waals surface area contributed by atoms with E-state index in [1.165, 1.54) is 0 Å². The average molecular weight is 351 g/mol. The fraction of sp³-hybridized carbons (Fsp3) is 0.158. The second-order valence-corrected chi connectivity index (χ2v) is 5.75. The van der Waals surface area contributed by atoms with E-state index in [4.69, 9.17) is 5.11 Å². The van der Waals surface area contributed by atoms with Crippen molar-refractivity contribution in [2.45, 2.75) is 18.9 Å². The van der Waals surface area contributed by atoms with Crippen molar-refractivity contribution in [3.8, 4) is 11.4 Å². The number of hydrogen-bond donors (Lipinski definition) is 3. The van der Waals surface area contributed by atoms with Crippen LogP contribution in [-0.2, 0) is 9.59 Å². The number of para-hydroxylation sites is 1. The number of fused-ring (bicyclic) bond motifs is 1. The minimum atomic E-state index is -1.13. The molecule has 0 aliphatic carbocycles. The molecule has 2 aromatic carbocycles. The van der Waals surface area contributed by atoms with Crippen LogP contribution in [0, 0.1) is 0 Å². The molecule has 0 aliphatic rings. The maximum absolute atomic E-state index is 11.5. The van der Waals surface area contributed by atoms with E-state index >= 15 is 0 Å². The van der Waals surface area contributed by atoms with Crippen LogP contribution in [0.2, 0.25) is 0 Å². The Morgan fingerprint density at radius 3 is 2.35 bits per heavy atom. The third-order valence-corrected chi connectivity index (χ3v) is 3.89. The number of nitrogens with zero attached hydrogens (tertiary/aromatic N) is 2. The van der Waals surface area contributed by atoms with Gasteiger partial charge in [0.2, 0.25) is 0 Å². The van der Waals surface area contributed by atoms with Crippen molar-refractivity contribution in [2.75, 3.05) is 5.32 Å². The normalized spacial score (nSPS) is 11.8. The van der Waals surface area contributed by atoms with Gasteiger partial charge in [-0.1, -0.05) is 42.5 Å². The highest BCUT2D eigenvalue weighted by Crippen LogP contribution is 2.25. The van der Waals surface area contributed by atoms with Crippen molar-refractivity contribution in [1.82, 2.24) is 9.97 Å². The highest BCUT2D eigenvalue weighted by molar-refractivity contribution is 5.92. The topological polar surface area (TPSA) is 112 Å². The maximum atomic E-state index is 11.5. The first-order valence-electron chi connectivity index (χ1n) is 8.08. The number of benzene rings is 2. The van der Waals surface area contributed by atoms with Crippen molar-refractivity contribution in [1.29, 1.82) is 0 Å². The van der Waals surface area contributed by atoms with E-state index in [9.17, 15) is 14.7 Å². The van der Waals surface area contributed by atoms with E-state index < -0.39 is 18.0 Å². The molecule has 1 unspecified atom stereocenters. The highest BCUT2D eigenvalue weighted by atomic mass is 16.4. The van der Waals surface area contributed by atoms with Gasteiger partial charge in [0.1, 0.15) is 11.9 Å². The third kappa shape index (κ3) is 3.94. The molecule has 132 valence electrons. The summed E-state index contributed by atoms with van der Waals surface area (Å²) < 4.78 is 0. The number of rotatable bonds is 7. The molecule has 0 spiro atoms. The summed E-state index contributed by atoms with van der Waals surface area (Å²) in [5.41, 5.74) is 1.48. The molecule has 3 N–H and O–H groups in total. The zero-order valence-corrected chi connectivity index (χ0v) is 13.8. The fourth-order valence-electron chi connectivity index (χ4n) is 2.59. The smallest absolute Gasteiger partial charge is 0.326 e. The van der Waals surface area contributed by atoms with E-state index in [0.717, 1.165) is 5.56 Å². The molecular weight excluding hydrogens is 334 g/mol. The molecule has 0 bridgehead atoms. The molecule has 3 rings (SSSR count). The van der Waals surface area contributed by atoms with Gasteiger partial charge < -0.3 is 15.5 Å². The van der Waals surface area contributed by atoms with Crippen LogP contribution in [0.1, 0.15) is 12.8 Å². The number of anilines is 1. The van der Waals surface area contributed by atoms with Crippen LogP contribution in [-0.4, -0.2) is 38.2 Å². The fourth-order valence-corrected chi connectivity index (χ4v) is 2.59. The van der Waals surface area contributed by atoms with Crippen molar-refractivity contribution in [2.24, 2.45) is 0 Å². The minimum Gasteiger partial charge on any atom is -0.481 e. The Morgan fingerprint density at radius 2 is 1.65 bits per heavy atom. The summed E-state index contributed by atoms with van der Waals surface area (Å²) in [4.78, 5) is 31.3. The summed E-state index contributed by atoms with van der Waals surface area (Å²) in [6.07, 6.45) is -0.303. The van der Waals surface area contributed by atoms with E-state index in [2.05, 4.69) is 15.3 Å². The van der Waals surface area contributed by atoms with E-state index in [0.29, 0.717) is 22.5 Å². The molecule has 3 aromatic rings. The average Bonchev–Trinajstić information content (AvgIpc) is 2.65. The van der Waals surface area contributed by atoms with Gasteiger partial charge >= 0.3 is 11.9 Å².